The average molecular weight is 360 g/mol. The molecule has 0 unspecified atom stereocenters. The smallest absolute Gasteiger partial charge is 0.231 e. The van der Waals surface area contributed by atoms with Gasteiger partial charge < -0.3 is 14.0 Å². The van der Waals surface area contributed by atoms with Gasteiger partial charge in [0.05, 0.1) is 5.69 Å². The molecule has 0 saturated heterocycles. The van der Waals surface area contributed by atoms with E-state index in [1.807, 2.05) is 29.8 Å². The average Bonchev–Trinajstić information content (AvgIpc) is 3.32. The number of aromatic nitrogens is 4. The fraction of sp³-hybridized carbons (Fsp3) is 0.312. The minimum Gasteiger partial charge on any atom is -0.454 e. The lowest BCUT2D eigenvalue weighted by molar-refractivity contribution is 0.174. The van der Waals surface area contributed by atoms with Gasteiger partial charge in [-0.2, -0.15) is 0 Å². The van der Waals surface area contributed by atoms with Crippen molar-refractivity contribution in [3.05, 3.63) is 35.1 Å². The summed E-state index contributed by atoms with van der Waals surface area (Å²) in [4.78, 5) is 4.72. The number of thiazole rings is 1. The second kappa shape index (κ2) is 6.45. The second-order valence-corrected chi connectivity index (χ2v) is 7.11. The highest BCUT2D eigenvalue weighted by Crippen LogP contribution is 2.37. The first-order valence-electron chi connectivity index (χ1n) is 7.60. The third-order valence-electron chi connectivity index (χ3n) is 3.76. The van der Waals surface area contributed by atoms with Crippen molar-refractivity contribution in [2.75, 3.05) is 6.79 Å². The second-order valence-electron chi connectivity index (χ2n) is 5.31. The standard InChI is InChI=1S/C16H16N4O2S2/c1-3-14-18-19-16(20(14)2)24-8-11-7-23-15(17-11)10-4-5-12-13(6-10)22-9-21-12/h4-7H,3,8-9H2,1-2H3. The molecule has 6 nitrogen and oxygen atoms in total. The minimum absolute atomic E-state index is 0.288. The summed E-state index contributed by atoms with van der Waals surface area (Å²) in [5.74, 6) is 3.35. The number of nitrogens with zero attached hydrogens (tertiary/aromatic N) is 4. The van der Waals surface area contributed by atoms with Crippen LogP contribution < -0.4 is 9.47 Å². The van der Waals surface area contributed by atoms with E-state index in [1.165, 1.54) is 0 Å². The monoisotopic (exact) mass is 360 g/mol. The number of hydrogen-bond acceptors (Lipinski definition) is 7. The van der Waals surface area contributed by atoms with Crippen molar-refractivity contribution in [3.63, 3.8) is 0 Å². The van der Waals surface area contributed by atoms with Crippen molar-refractivity contribution in [2.45, 2.75) is 24.3 Å². The van der Waals surface area contributed by atoms with E-state index in [2.05, 4.69) is 22.5 Å². The zero-order valence-corrected chi connectivity index (χ0v) is 15.0. The molecule has 0 aliphatic carbocycles. The Morgan fingerprint density at radius 1 is 1.25 bits per heavy atom. The maximum absolute atomic E-state index is 5.43. The maximum atomic E-state index is 5.43. The lowest BCUT2D eigenvalue weighted by atomic mass is 10.2. The summed E-state index contributed by atoms with van der Waals surface area (Å²) >= 11 is 3.29. The predicted molar refractivity (Wildman–Crippen MR) is 93.6 cm³/mol. The summed E-state index contributed by atoms with van der Waals surface area (Å²) in [6.07, 6.45) is 0.884. The fourth-order valence-electron chi connectivity index (χ4n) is 2.45. The van der Waals surface area contributed by atoms with Gasteiger partial charge in [0.25, 0.3) is 0 Å². The largest absolute Gasteiger partial charge is 0.454 e. The topological polar surface area (TPSA) is 62.1 Å². The summed E-state index contributed by atoms with van der Waals surface area (Å²) in [7, 11) is 2.00. The van der Waals surface area contributed by atoms with Crippen molar-refractivity contribution < 1.29 is 9.47 Å². The van der Waals surface area contributed by atoms with Gasteiger partial charge in [-0.15, -0.1) is 21.5 Å². The van der Waals surface area contributed by atoms with Crippen molar-refractivity contribution >= 4 is 23.1 Å². The Morgan fingerprint density at radius 3 is 2.96 bits per heavy atom. The molecular formula is C16H16N4O2S2. The molecule has 0 bridgehead atoms. The molecule has 4 rings (SSSR count). The van der Waals surface area contributed by atoms with Gasteiger partial charge in [0.1, 0.15) is 10.8 Å². The molecule has 8 heteroatoms. The lowest BCUT2D eigenvalue weighted by Gasteiger charge is -2.01. The number of fused-ring (bicyclic) bond motifs is 1. The summed E-state index contributed by atoms with van der Waals surface area (Å²) in [6, 6.07) is 5.92. The Hall–Kier alpha value is -2.06. The van der Waals surface area contributed by atoms with E-state index < -0.39 is 0 Å². The normalized spacial score (nSPS) is 12.8. The van der Waals surface area contributed by atoms with Gasteiger partial charge in [0.2, 0.25) is 6.79 Å². The molecule has 1 aromatic carbocycles. The number of rotatable bonds is 5. The van der Waals surface area contributed by atoms with E-state index in [1.54, 1.807) is 23.1 Å². The summed E-state index contributed by atoms with van der Waals surface area (Å²) in [5.41, 5.74) is 2.09. The number of ether oxygens (including phenoxy) is 2. The Balaban J connectivity index is 1.47. The van der Waals surface area contributed by atoms with Crippen LogP contribution in [-0.4, -0.2) is 26.5 Å². The van der Waals surface area contributed by atoms with Crippen LogP contribution in [0, 0.1) is 0 Å². The highest BCUT2D eigenvalue weighted by Gasteiger charge is 2.15. The van der Waals surface area contributed by atoms with E-state index in [-0.39, 0.29) is 6.79 Å². The van der Waals surface area contributed by atoms with Crippen LogP contribution in [-0.2, 0) is 19.2 Å². The molecular weight excluding hydrogens is 344 g/mol. The van der Waals surface area contributed by atoms with Crippen LogP contribution in [0.5, 0.6) is 11.5 Å². The summed E-state index contributed by atoms with van der Waals surface area (Å²) in [6.45, 7) is 2.37. The van der Waals surface area contributed by atoms with Crippen LogP contribution in [0.2, 0.25) is 0 Å². The van der Waals surface area contributed by atoms with Gasteiger partial charge in [-0.3, -0.25) is 0 Å². The molecule has 2 aromatic heterocycles. The van der Waals surface area contributed by atoms with Gasteiger partial charge in [-0.05, 0) is 18.2 Å². The minimum atomic E-state index is 0.288. The molecule has 3 heterocycles. The van der Waals surface area contributed by atoms with Gasteiger partial charge in [-0.25, -0.2) is 4.98 Å². The SMILES string of the molecule is CCc1nnc(SCc2csc(-c3ccc4c(c3)OCO4)n2)n1C. The molecule has 0 radical (unpaired) electrons. The zero-order chi connectivity index (χ0) is 16.5. The third-order valence-corrected chi connectivity index (χ3v) is 5.76. The third kappa shape index (κ3) is 2.87. The quantitative estimate of drug-likeness (QED) is 0.649. The first-order valence-corrected chi connectivity index (χ1v) is 9.46. The van der Waals surface area contributed by atoms with Gasteiger partial charge in [0, 0.05) is 30.2 Å². The molecule has 0 atom stereocenters. The number of thioether (sulfide) groups is 1. The molecule has 0 N–H and O–H groups in total. The molecule has 1 aliphatic rings. The van der Waals surface area contributed by atoms with E-state index in [9.17, 15) is 0 Å². The summed E-state index contributed by atoms with van der Waals surface area (Å²) in [5, 5.41) is 12.4. The molecule has 1 aliphatic heterocycles. The molecule has 0 spiro atoms. The van der Waals surface area contributed by atoms with E-state index >= 15 is 0 Å². The van der Waals surface area contributed by atoms with Gasteiger partial charge >= 0.3 is 0 Å². The van der Waals surface area contributed by atoms with E-state index in [0.29, 0.717) is 0 Å². The highest BCUT2D eigenvalue weighted by atomic mass is 32.2. The maximum Gasteiger partial charge on any atom is 0.231 e. The van der Waals surface area contributed by atoms with Crippen LogP contribution in [0.3, 0.4) is 0 Å². The van der Waals surface area contributed by atoms with Crippen molar-refractivity contribution in [1.29, 1.82) is 0 Å². The Bertz CT molecular complexity index is 875. The van der Waals surface area contributed by atoms with E-state index in [0.717, 1.165) is 50.9 Å². The fourth-order valence-corrected chi connectivity index (χ4v) is 4.20. The lowest BCUT2D eigenvalue weighted by Crippen LogP contribution is -1.97. The van der Waals surface area contributed by atoms with Gasteiger partial charge in [-0.1, -0.05) is 18.7 Å². The predicted octanol–water partition coefficient (Wildman–Crippen LogP) is 3.52. The molecule has 0 amide bonds. The van der Waals surface area contributed by atoms with E-state index in [4.69, 9.17) is 14.5 Å². The first-order chi connectivity index (χ1) is 11.7. The highest BCUT2D eigenvalue weighted by molar-refractivity contribution is 7.98. The molecule has 24 heavy (non-hydrogen) atoms. The van der Waals surface area contributed by atoms with Crippen LogP contribution in [0.4, 0.5) is 0 Å². The van der Waals surface area contributed by atoms with Crippen molar-refractivity contribution in [1.82, 2.24) is 19.7 Å². The molecule has 124 valence electrons. The number of benzene rings is 1. The molecule has 0 saturated carbocycles. The van der Waals surface area contributed by atoms with Crippen LogP contribution in [0.1, 0.15) is 18.4 Å². The van der Waals surface area contributed by atoms with Gasteiger partial charge in [0.15, 0.2) is 16.7 Å². The van der Waals surface area contributed by atoms with Crippen molar-refractivity contribution in [2.24, 2.45) is 7.05 Å². The number of aryl methyl sites for hydroxylation is 1. The molecule has 3 aromatic rings. The Labute approximate surface area is 147 Å². The van der Waals surface area contributed by atoms with Crippen LogP contribution >= 0.6 is 23.1 Å². The van der Waals surface area contributed by atoms with Crippen LogP contribution in [0.25, 0.3) is 10.6 Å². The Morgan fingerprint density at radius 2 is 2.12 bits per heavy atom. The zero-order valence-electron chi connectivity index (χ0n) is 13.4. The molecule has 0 fully saturated rings. The van der Waals surface area contributed by atoms with Crippen molar-refractivity contribution in [3.8, 4) is 22.1 Å². The summed E-state index contributed by atoms with van der Waals surface area (Å²) < 4.78 is 12.8. The van der Waals surface area contributed by atoms with Crippen LogP contribution in [0.15, 0.2) is 28.7 Å². The number of hydrogen-bond donors (Lipinski definition) is 0. The first kappa shape index (κ1) is 15.5. The Kier molecular flexibility index (Phi) is 4.15.